The van der Waals surface area contributed by atoms with Gasteiger partial charge in [-0.1, -0.05) is 18.2 Å². The van der Waals surface area contributed by atoms with E-state index < -0.39 is 0 Å². The van der Waals surface area contributed by atoms with Crippen LogP contribution in [0.5, 0.6) is 0 Å². The lowest BCUT2D eigenvalue weighted by Crippen LogP contribution is -2.36. The monoisotopic (exact) mass is 329 g/mol. The van der Waals surface area contributed by atoms with Crippen LogP contribution in [0.2, 0.25) is 0 Å². The standard InChI is InChI=1S/C18H24FN5/c1-13-10-14(7-8-16(13)19)11-22-18(20-2)23-12-15-6-5-9-21-17(15)24(3)4/h5-10H,11-12H2,1-4H3,(H2,20,22,23). The van der Waals surface area contributed by atoms with Gasteiger partial charge >= 0.3 is 0 Å². The number of rotatable bonds is 5. The predicted molar refractivity (Wildman–Crippen MR) is 96.7 cm³/mol. The molecular formula is C18H24FN5. The highest BCUT2D eigenvalue weighted by Crippen LogP contribution is 2.13. The molecular weight excluding hydrogens is 305 g/mol. The van der Waals surface area contributed by atoms with E-state index >= 15 is 0 Å². The average Bonchev–Trinajstić information content (AvgIpc) is 2.58. The Hall–Kier alpha value is -2.63. The molecule has 5 nitrogen and oxygen atoms in total. The van der Waals surface area contributed by atoms with Crippen molar-refractivity contribution in [1.29, 1.82) is 0 Å². The first kappa shape index (κ1) is 17.7. The molecule has 1 aromatic heterocycles. The molecule has 0 bridgehead atoms. The van der Waals surface area contributed by atoms with E-state index in [1.165, 1.54) is 6.07 Å². The van der Waals surface area contributed by atoms with Gasteiger partial charge < -0.3 is 15.5 Å². The minimum absolute atomic E-state index is 0.186. The summed E-state index contributed by atoms with van der Waals surface area (Å²) in [5, 5.41) is 6.51. The number of nitrogens with zero attached hydrogens (tertiary/aromatic N) is 3. The van der Waals surface area contributed by atoms with Crippen LogP contribution in [0.15, 0.2) is 41.5 Å². The van der Waals surface area contributed by atoms with Gasteiger partial charge in [0.05, 0.1) is 0 Å². The minimum Gasteiger partial charge on any atom is -0.362 e. The third kappa shape index (κ3) is 4.68. The third-order valence-corrected chi connectivity index (χ3v) is 3.64. The molecule has 0 aliphatic heterocycles. The van der Waals surface area contributed by atoms with Gasteiger partial charge in [0.25, 0.3) is 0 Å². The molecule has 1 aromatic carbocycles. The summed E-state index contributed by atoms with van der Waals surface area (Å²) < 4.78 is 13.3. The lowest BCUT2D eigenvalue weighted by molar-refractivity contribution is 0.617. The number of aryl methyl sites for hydroxylation is 1. The van der Waals surface area contributed by atoms with Crippen LogP contribution < -0.4 is 15.5 Å². The van der Waals surface area contributed by atoms with Gasteiger partial charge in [-0.05, 0) is 30.2 Å². The average molecular weight is 329 g/mol. The van der Waals surface area contributed by atoms with Crippen LogP contribution in [-0.2, 0) is 13.1 Å². The van der Waals surface area contributed by atoms with E-state index in [9.17, 15) is 4.39 Å². The Morgan fingerprint density at radius 1 is 1.21 bits per heavy atom. The molecule has 1 heterocycles. The molecule has 0 amide bonds. The number of nitrogens with one attached hydrogen (secondary N) is 2. The molecule has 0 atom stereocenters. The van der Waals surface area contributed by atoms with Crippen molar-refractivity contribution in [3.8, 4) is 0 Å². The second kappa shape index (κ2) is 8.29. The van der Waals surface area contributed by atoms with Gasteiger partial charge in [0.15, 0.2) is 5.96 Å². The molecule has 0 radical (unpaired) electrons. The molecule has 0 unspecified atom stereocenters. The van der Waals surface area contributed by atoms with Crippen molar-refractivity contribution in [1.82, 2.24) is 15.6 Å². The smallest absolute Gasteiger partial charge is 0.191 e. The number of aliphatic imine (C=N–C) groups is 1. The Kier molecular flexibility index (Phi) is 6.12. The maximum Gasteiger partial charge on any atom is 0.191 e. The second-order valence-corrected chi connectivity index (χ2v) is 5.74. The van der Waals surface area contributed by atoms with Crippen molar-refractivity contribution in [3.05, 3.63) is 59.0 Å². The van der Waals surface area contributed by atoms with E-state index in [0.717, 1.165) is 16.9 Å². The van der Waals surface area contributed by atoms with Gasteiger partial charge in [0.1, 0.15) is 11.6 Å². The second-order valence-electron chi connectivity index (χ2n) is 5.74. The van der Waals surface area contributed by atoms with E-state index in [2.05, 4.69) is 20.6 Å². The first-order chi connectivity index (χ1) is 11.5. The fourth-order valence-corrected chi connectivity index (χ4v) is 2.37. The molecule has 0 spiro atoms. The summed E-state index contributed by atoms with van der Waals surface area (Å²) in [7, 11) is 5.66. The van der Waals surface area contributed by atoms with E-state index in [4.69, 9.17) is 0 Å². The molecule has 6 heteroatoms. The molecule has 128 valence electrons. The normalized spacial score (nSPS) is 11.3. The summed E-state index contributed by atoms with van der Waals surface area (Å²) in [6, 6.07) is 9.05. The van der Waals surface area contributed by atoms with Crippen LogP contribution in [0.25, 0.3) is 0 Å². The third-order valence-electron chi connectivity index (χ3n) is 3.64. The Balaban J connectivity index is 1.94. The van der Waals surface area contributed by atoms with Crippen LogP contribution in [-0.4, -0.2) is 32.1 Å². The van der Waals surface area contributed by atoms with E-state index in [-0.39, 0.29) is 5.82 Å². The van der Waals surface area contributed by atoms with Gasteiger partial charge in [0.2, 0.25) is 0 Å². The molecule has 0 saturated carbocycles. The summed E-state index contributed by atoms with van der Waals surface area (Å²) in [5.41, 5.74) is 2.73. The topological polar surface area (TPSA) is 52.6 Å². The molecule has 0 fully saturated rings. The molecule has 0 aliphatic rings. The Morgan fingerprint density at radius 3 is 2.62 bits per heavy atom. The number of hydrogen-bond donors (Lipinski definition) is 2. The lowest BCUT2D eigenvalue weighted by atomic mass is 10.1. The highest BCUT2D eigenvalue weighted by atomic mass is 19.1. The van der Waals surface area contributed by atoms with E-state index in [1.807, 2.05) is 37.2 Å². The van der Waals surface area contributed by atoms with Crippen LogP contribution in [0.3, 0.4) is 0 Å². The summed E-state index contributed by atoms with van der Waals surface area (Å²) >= 11 is 0. The molecule has 2 aromatic rings. The number of guanidine groups is 1. The SMILES string of the molecule is CN=C(NCc1ccc(F)c(C)c1)NCc1cccnc1N(C)C. The molecule has 0 saturated heterocycles. The number of aromatic nitrogens is 1. The Morgan fingerprint density at radius 2 is 1.96 bits per heavy atom. The summed E-state index contributed by atoms with van der Waals surface area (Å²) in [5.74, 6) is 1.43. The van der Waals surface area contributed by atoms with Crippen molar-refractivity contribution in [2.75, 3.05) is 26.0 Å². The van der Waals surface area contributed by atoms with Crippen LogP contribution >= 0.6 is 0 Å². The molecule has 24 heavy (non-hydrogen) atoms. The lowest BCUT2D eigenvalue weighted by Gasteiger charge is -2.17. The highest BCUT2D eigenvalue weighted by Gasteiger charge is 2.06. The maximum absolute atomic E-state index is 13.3. The zero-order valence-corrected chi connectivity index (χ0v) is 14.6. The van der Waals surface area contributed by atoms with Gasteiger partial charge in [-0.2, -0.15) is 0 Å². The zero-order chi connectivity index (χ0) is 17.5. The zero-order valence-electron chi connectivity index (χ0n) is 14.6. The Labute approximate surface area is 142 Å². The largest absolute Gasteiger partial charge is 0.362 e. The molecule has 0 aliphatic carbocycles. The van der Waals surface area contributed by atoms with Crippen LogP contribution in [0.1, 0.15) is 16.7 Å². The van der Waals surface area contributed by atoms with Gasteiger partial charge in [0, 0.05) is 46.0 Å². The fraction of sp³-hybridized carbons (Fsp3) is 0.333. The highest BCUT2D eigenvalue weighted by molar-refractivity contribution is 5.79. The van der Waals surface area contributed by atoms with Gasteiger partial charge in [-0.25, -0.2) is 9.37 Å². The number of benzene rings is 1. The van der Waals surface area contributed by atoms with Crippen molar-refractivity contribution in [2.24, 2.45) is 4.99 Å². The van der Waals surface area contributed by atoms with Crippen molar-refractivity contribution in [2.45, 2.75) is 20.0 Å². The molecule has 2 N–H and O–H groups in total. The van der Waals surface area contributed by atoms with Crippen molar-refractivity contribution in [3.63, 3.8) is 0 Å². The number of hydrogen-bond acceptors (Lipinski definition) is 3. The number of halogens is 1. The number of pyridine rings is 1. The van der Waals surface area contributed by atoms with Crippen molar-refractivity contribution < 1.29 is 4.39 Å². The summed E-state index contributed by atoms with van der Waals surface area (Å²) in [6.45, 7) is 2.95. The first-order valence-electron chi connectivity index (χ1n) is 7.82. The van der Waals surface area contributed by atoms with Crippen molar-refractivity contribution >= 4 is 11.8 Å². The minimum atomic E-state index is -0.186. The van der Waals surface area contributed by atoms with Gasteiger partial charge in [-0.3, -0.25) is 4.99 Å². The number of anilines is 1. The molecule has 2 rings (SSSR count). The first-order valence-corrected chi connectivity index (χ1v) is 7.82. The Bertz CT molecular complexity index is 712. The van der Waals surface area contributed by atoms with Gasteiger partial charge in [-0.15, -0.1) is 0 Å². The van der Waals surface area contributed by atoms with E-state index in [1.54, 1.807) is 26.2 Å². The maximum atomic E-state index is 13.3. The summed E-state index contributed by atoms with van der Waals surface area (Å²) in [6.07, 6.45) is 1.78. The predicted octanol–water partition coefficient (Wildman–Crippen LogP) is 2.46. The summed E-state index contributed by atoms with van der Waals surface area (Å²) in [4.78, 5) is 10.6. The van der Waals surface area contributed by atoms with E-state index in [0.29, 0.717) is 24.6 Å². The van der Waals surface area contributed by atoms with Crippen LogP contribution in [0.4, 0.5) is 10.2 Å². The quantitative estimate of drug-likeness (QED) is 0.654. The van der Waals surface area contributed by atoms with Crippen LogP contribution in [0, 0.1) is 12.7 Å². The fourth-order valence-electron chi connectivity index (χ4n) is 2.37.